The lowest BCUT2D eigenvalue weighted by Crippen LogP contribution is -2.14. The van der Waals surface area contributed by atoms with E-state index in [1.165, 1.54) is 116 Å². The maximum Gasteiger partial charge on any atom is 0.305 e. The molecule has 3 heteroatoms. The summed E-state index contributed by atoms with van der Waals surface area (Å²) >= 11 is 0. The molecule has 0 heterocycles. The highest BCUT2D eigenvalue weighted by molar-refractivity contribution is 5.69. The third-order valence-electron chi connectivity index (χ3n) is 5.72. The molecule has 0 aliphatic rings. The quantitative estimate of drug-likeness (QED) is 0.136. The van der Waals surface area contributed by atoms with Gasteiger partial charge < -0.3 is 9.84 Å². The largest absolute Gasteiger partial charge is 0.463 e. The second-order valence-electron chi connectivity index (χ2n) is 9.00. The molecule has 1 unspecified atom stereocenters. The number of hydrogen-bond donors (Lipinski definition) is 1. The first-order valence-corrected chi connectivity index (χ1v) is 13.0. The summed E-state index contributed by atoms with van der Waals surface area (Å²) in [5.41, 5.74) is 0. The number of rotatable bonds is 23. The molecule has 0 aliphatic carbocycles. The Hall–Kier alpha value is -0.570. The number of carbonyl (C=O) groups is 1. The summed E-state index contributed by atoms with van der Waals surface area (Å²) in [5, 5.41) is 9.06. The molecular weight excluding hydrogens is 360 g/mol. The van der Waals surface area contributed by atoms with Crippen molar-refractivity contribution in [2.45, 2.75) is 155 Å². The fourth-order valence-electron chi connectivity index (χ4n) is 3.81. The van der Waals surface area contributed by atoms with E-state index in [9.17, 15) is 4.79 Å². The van der Waals surface area contributed by atoms with Crippen LogP contribution in [0.25, 0.3) is 0 Å². The van der Waals surface area contributed by atoms with Gasteiger partial charge in [0.1, 0.15) is 6.61 Å². The molecule has 0 rings (SSSR count). The first-order chi connectivity index (χ1) is 14.2. The van der Waals surface area contributed by atoms with Gasteiger partial charge in [0.25, 0.3) is 0 Å². The first kappa shape index (κ1) is 28.4. The van der Waals surface area contributed by atoms with Gasteiger partial charge in [-0.15, -0.1) is 0 Å². The summed E-state index contributed by atoms with van der Waals surface area (Å²) in [6, 6.07) is 0. The van der Waals surface area contributed by atoms with Crippen molar-refractivity contribution in [1.29, 1.82) is 0 Å². The van der Waals surface area contributed by atoms with Gasteiger partial charge in [-0.3, -0.25) is 4.79 Å². The van der Waals surface area contributed by atoms with Crippen molar-refractivity contribution < 1.29 is 14.6 Å². The van der Waals surface area contributed by atoms with Gasteiger partial charge in [0, 0.05) is 6.42 Å². The second-order valence-corrected chi connectivity index (χ2v) is 9.00. The normalized spacial score (nSPS) is 12.2. The van der Waals surface area contributed by atoms with E-state index in [0.29, 0.717) is 6.42 Å². The van der Waals surface area contributed by atoms with Crippen LogP contribution < -0.4 is 0 Å². The molecule has 0 spiro atoms. The van der Waals surface area contributed by atoms with Crippen LogP contribution in [-0.2, 0) is 9.53 Å². The number of carbonyl (C=O) groups excluding carboxylic acids is 1. The van der Waals surface area contributed by atoms with Crippen molar-refractivity contribution in [1.82, 2.24) is 0 Å². The lowest BCUT2D eigenvalue weighted by atomic mass is 10.0. The molecule has 0 fully saturated rings. The average molecular weight is 413 g/mol. The molecule has 1 atom stereocenters. The standard InChI is InChI=1S/C26H52O3/c1-3-4-5-6-7-8-9-10-11-12-13-14-15-16-17-18-19-20-21-22-23-26(28)29-24-25(2)27/h25,27H,3-24H2,1-2H3. The molecule has 0 aromatic rings. The summed E-state index contributed by atoms with van der Waals surface area (Å²) in [6.45, 7) is 4.04. The number of aliphatic hydroxyl groups is 1. The molecule has 1 N–H and O–H groups in total. The number of hydrogen-bond acceptors (Lipinski definition) is 3. The molecule has 29 heavy (non-hydrogen) atoms. The predicted molar refractivity (Wildman–Crippen MR) is 125 cm³/mol. The van der Waals surface area contributed by atoms with Gasteiger partial charge in [0.05, 0.1) is 6.10 Å². The summed E-state index contributed by atoms with van der Waals surface area (Å²) in [6.07, 6.45) is 27.2. The van der Waals surface area contributed by atoms with Gasteiger partial charge in [-0.2, -0.15) is 0 Å². The van der Waals surface area contributed by atoms with Crippen LogP contribution >= 0.6 is 0 Å². The van der Waals surface area contributed by atoms with Crippen LogP contribution in [0.5, 0.6) is 0 Å². The van der Waals surface area contributed by atoms with Crippen molar-refractivity contribution in [3.8, 4) is 0 Å². The smallest absolute Gasteiger partial charge is 0.305 e. The number of aliphatic hydroxyl groups excluding tert-OH is 1. The third kappa shape index (κ3) is 25.4. The van der Waals surface area contributed by atoms with Crippen LogP contribution in [0.4, 0.5) is 0 Å². The summed E-state index contributed by atoms with van der Waals surface area (Å²) < 4.78 is 4.96. The lowest BCUT2D eigenvalue weighted by Gasteiger charge is -2.06. The minimum Gasteiger partial charge on any atom is -0.463 e. The van der Waals surface area contributed by atoms with Crippen LogP contribution in [0.1, 0.15) is 149 Å². The Bertz CT molecular complexity index is 328. The van der Waals surface area contributed by atoms with Crippen LogP contribution in [0, 0.1) is 0 Å². The van der Waals surface area contributed by atoms with Gasteiger partial charge in [0.15, 0.2) is 0 Å². The molecule has 0 aliphatic heterocycles. The van der Waals surface area contributed by atoms with E-state index in [1.807, 2.05) is 0 Å². The molecule has 0 radical (unpaired) electrons. The molecule has 0 saturated heterocycles. The molecular formula is C26H52O3. The third-order valence-corrected chi connectivity index (χ3v) is 5.72. The highest BCUT2D eigenvalue weighted by atomic mass is 16.5. The van der Waals surface area contributed by atoms with E-state index >= 15 is 0 Å². The van der Waals surface area contributed by atoms with E-state index in [2.05, 4.69) is 6.92 Å². The Morgan fingerprint density at radius 3 is 1.24 bits per heavy atom. The summed E-state index contributed by atoms with van der Waals surface area (Å²) in [7, 11) is 0. The fraction of sp³-hybridized carbons (Fsp3) is 0.962. The van der Waals surface area contributed by atoms with Crippen LogP contribution in [0.3, 0.4) is 0 Å². The zero-order valence-corrected chi connectivity index (χ0v) is 19.9. The molecule has 0 amide bonds. The zero-order valence-electron chi connectivity index (χ0n) is 19.9. The number of esters is 1. The number of ether oxygens (including phenoxy) is 1. The number of unbranched alkanes of at least 4 members (excludes halogenated alkanes) is 19. The van der Waals surface area contributed by atoms with Crippen molar-refractivity contribution in [2.75, 3.05) is 6.61 Å². The van der Waals surface area contributed by atoms with Gasteiger partial charge >= 0.3 is 5.97 Å². The minimum atomic E-state index is -0.561. The second kappa shape index (κ2) is 23.7. The zero-order chi connectivity index (χ0) is 21.4. The van der Waals surface area contributed by atoms with Crippen molar-refractivity contribution in [3.05, 3.63) is 0 Å². The van der Waals surface area contributed by atoms with E-state index in [1.54, 1.807) is 6.92 Å². The molecule has 0 saturated carbocycles. The maximum absolute atomic E-state index is 11.4. The Balaban J connectivity index is 3.07. The van der Waals surface area contributed by atoms with Crippen molar-refractivity contribution >= 4 is 5.97 Å². The van der Waals surface area contributed by atoms with E-state index in [-0.39, 0.29) is 12.6 Å². The lowest BCUT2D eigenvalue weighted by molar-refractivity contribution is -0.146. The SMILES string of the molecule is CCCCCCCCCCCCCCCCCCCCCCC(=O)OCC(C)O. The van der Waals surface area contributed by atoms with E-state index in [4.69, 9.17) is 9.84 Å². The van der Waals surface area contributed by atoms with E-state index < -0.39 is 6.10 Å². The topological polar surface area (TPSA) is 46.5 Å². The Kier molecular flexibility index (Phi) is 23.2. The van der Waals surface area contributed by atoms with Crippen LogP contribution in [0.2, 0.25) is 0 Å². The Morgan fingerprint density at radius 2 is 0.931 bits per heavy atom. The van der Waals surface area contributed by atoms with Crippen LogP contribution in [0.15, 0.2) is 0 Å². The Labute approximate surface area is 182 Å². The maximum atomic E-state index is 11.4. The first-order valence-electron chi connectivity index (χ1n) is 13.0. The van der Waals surface area contributed by atoms with Crippen LogP contribution in [-0.4, -0.2) is 23.8 Å². The highest BCUT2D eigenvalue weighted by Crippen LogP contribution is 2.15. The van der Waals surface area contributed by atoms with Gasteiger partial charge in [-0.05, 0) is 13.3 Å². The molecule has 0 bridgehead atoms. The Morgan fingerprint density at radius 1 is 0.621 bits per heavy atom. The van der Waals surface area contributed by atoms with Gasteiger partial charge in [-0.1, -0.05) is 129 Å². The summed E-state index contributed by atoms with van der Waals surface area (Å²) in [5.74, 6) is -0.173. The predicted octanol–water partition coefficient (Wildman–Crippen LogP) is 8.12. The molecule has 3 nitrogen and oxygen atoms in total. The molecule has 0 aromatic carbocycles. The monoisotopic (exact) mass is 412 g/mol. The van der Waals surface area contributed by atoms with Crippen molar-refractivity contribution in [2.24, 2.45) is 0 Å². The van der Waals surface area contributed by atoms with Gasteiger partial charge in [-0.25, -0.2) is 0 Å². The highest BCUT2D eigenvalue weighted by Gasteiger charge is 2.04. The minimum absolute atomic E-state index is 0.123. The molecule has 174 valence electrons. The van der Waals surface area contributed by atoms with Crippen molar-refractivity contribution in [3.63, 3.8) is 0 Å². The molecule has 0 aromatic heterocycles. The summed E-state index contributed by atoms with van der Waals surface area (Å²) in [4.78, 5) is 11.4. The van der Waals surface area contributed by atoms with E-state index in [0.717, 1.165) is 12.8 Å². The fourth-order valence-corrected chi connectivity index (χ4v) is 3.81. The van der Waals surface area contributed by atoms with Gasteiger partial charge in [0.2, 0.25) is 0 Å². The average Bonchev–Trinajstić information content (AvgIpc) is 2.70.